The van der Waals surface area contributed by atoms with E-state index in [0.717, 1.165) is 0 Å². The molecule has 0 spiro atoms. The van der Waals surface area contributed by atoms with Crippen LogP contribution in [0.15, 0.2) is 35.6 Å². The Morgan fingerprint density at radius 3 is 2.45 bits per heavy atom. The maximum atomic E-state index is 12.4. The summed E-state index contributed by atoms with van der Waals surface area (Å²) < 4.78 is 5.59. The van der Waals surface area contributed by atoms with Gasteiger partial charge in [-0.05, 0) is 23.1 Å². The normalized spacial score (nSPS) is 26.6. The Kier molecular flexibility index (Phi) is 3.11. The van der Waals surface area contributed by atoms with Crippen molar-refractivity contribution < 1.29 is 19.6 Å². The van der Waals surface area contributed by atoms with Crippen molar-refractivity contribution in [2.45, 2.75) is 32.3 Å². The van der Waals surface area contributed by atoms with Crippen molar-refractivity contribution in [1.29, 1.82) is 0 Å². The average Bonchev–Trinajstić information content (AvgIpc) is 2.76. The van der Waals surface area contributed by atoms with E-state index in [1.807, 2.05) is 13.8 Å². The molecule has 0 fully saturated rings. The summed E-state index contributed by atoms with van der Waals surface area (Å²) in [5, 5.41) is 21.7. The largest absolute Gasteiger partial charge is 0.494 e. The summed E-state index contributed by atoms with van der Waals surface area (Å²) in [6.45, 7) is 3.94. The monoisotopic (exact) mass is 303 g/mol. The van der Waals surface area contributed by atoms with Crippen LogP contribution in [0.3, 0.4) is 0 Å². The van der Waals surface area contributed by atoms with Gasteiger partial charge in [0.1, 0.15) is 12.4 Å². The minimum Gasteiger partial charge on any atom is -0.494 e. The zero-order chi connectivity index (χ0) is 16.1. The molecular formula is C16H17NO5. The van der Waals surface area contributed by atoms with E-state index in [0.29, 0.717) is 29.7 Å². The number of nitro groups is 1. The number of ketones is 1. The molecule has 3 rings (SSSR count). The highest BCUT2D eigenvalue weighted by molar-refractivity contribution is 5.99. The Hall–Kier alpha value is -2.21. The van der Waals surface area contributed by atoms with Crippen molar-refractivity contribution in [2.75, 3.05) is 6.61 Å². The number of carbonyl (C=O) groups is 1. The van der Waals surface area contributed by atoms with E-state index in [4.69, 9.17) is 4.74 Å². The third-order valence-electron chi connectivity index (χ3n) is 4.26. The summed E-state index contributed by atoms with van der Waals surface area (Å²) in [6.07, 6.45) is 0.952. The van der Waals surface area contributed by atoms with Crippen LogP contribution < -0.4 is 0 Å². The van der Waals surface area contributed by atoms with Crippen molar-refractivity contribution >= 4 is 11.5 Å². The fourth-order valence-corrected chi connectivity index (χ4v) is 3.20. The molecule has 6 nitrogen and oxygen atoms in total. The van der Waals surface area contributed by atoms with Crippen LogP contribution in [-0.2, 0) is 15.1 Å². The molecule has 0 aromatic heterocycles. The lowest BCUT2D eigenvalue weighted by Gasteiger charge is -2.31. The molecule has 1 N–H and O–H groups in total. The molecule has 0 amide bonds. The van der Waals surface area contributed by atoms with E-state index in [2.05, 4.69) is 0 Å². The second-order valence-electron chi connectivity index (χ2n) is 6.69. The van der Waals surface area contributed by atoms with Gasteiger partial charge in [0.25, 0.3) is 5.69 Å². The number of ether oxygens (including phenoxy) is 1. The standard InChI is InChI=1S/C16H17NO5/c1-15(2)7-12(18)14-13(8-15)22-9-16(14,19)10-3-5-11(6-4-10)17(20)21/h3-6,19H,7-9H2,1-2H3/t16-/m1/s1. The number of carbonyl (C=O) groups excluding carboxylic acids is 1. The molecule has 1 atom stereocenters. The molecule has 0 unspecified atom stereocenters. The third-order valence-corrected chi connectivity index (χ3v) is 4.26. The van der Waals surface area contributed by atoms with Gasteiger partial charge in [-0.2, -0.15) is 0 Å². The summed E-state index contributed by atoms with van der Waals surface area (Å²) in [5.41, 5.74) is -1.01. The predicted molar refractivity (Wildman–Crippen MR) is 78.0 cm³/mol. The first-order valence-electron chi connectivity index (χ1n) is 7.10. The summed E-state index contributed by atoms with van der Waals surface area (Å²) in [7, 11) is 0. The number of benzene rings is 1. The number of nitrogens with zero attached hydrogens (tertiary/aromatic N) is 1. The average molecular weight is 303 g/mol. The Balaban J connectivity index is 2.02. The molecule has 1 aliphatic carbocycles. The number of nitro benzene ring substituents is 1. The Morgan fingerprint density at radius 1 is 1.23 bits per heavy atom. The lowest BCUT2D eigenvalue weighted by atomic mass is 9.72. The number of Topliss-reactive ketones (excluding diaryl/α,β-unsaturated/α-hetero) is 1. The van der Waals surface area contributed by atoms with Crippen LogP contribution in [-0.4, -0.2) is 22.4 Å². The van der Waals surface area contributed by atoms with Crippen LogP contribution in [0.2, 0.25) is 0 Å². The van der Waals surface area contributed by atoms with Gasteiger partial charge in [-0.1, -0.05) is 13.8 Å². The zero-order valence-corrected chi connectivity index (χ0v) is 12.5. The van der Waals surface area contributed by atoms with Gasteiger partial charge in [0.2, 0.25) is 0 Å². The third kappa shape index (κ3) is 2.20. The molecular weight excluding hydrogens is 286 g/mol. The van der Waals surface area contributed by atoms with Crippen molar-refractivity contribution in [3.05, 3.63) is 51.3 Å². The molecule has 1 aromatic rings. The van der Waals surface area contributed by atoms with Crippen LogP contribution in [0.25, 0.3) is 0 Å². The smallest absolute Gasteiger partial charge is 0.269 e. The van der Waals surface area contributed by atoms with Gasteiger partial charge in [0.15, 0.2) is 11.4 Å². The summed E-state index contributed by atoms with van der Waals surface area (Å²) in [6, 6.07) is 5.60. The minimum absolute atomic E-state index is 0.0305. The fourth-order valence-electron chi connectivity index (χ4n) is 3.20. The van der Waals surface area contributed by atoms with Gasteiger partial charge in [-0.25, -0.2) is 0 Å². The van der Waals surface area contributed by atoms with Crippen LogP contribution in [0.5, 0.6) is 0 Å². The quantitative estimate of drug-likeness (QED) is 0.669. The molecule has 6 heteroatoms. The molecule has 116 valence electrons. The van der Waals surface area contributed by atoms with Gasteiger partial charge in [0.05, 0.1) is 10.5 Å². The Labute approximate surface area is 127 Å². The van der Waals surface area contributed by atoms with Crippen LogP contribution >= 0.6 is 0 Å². The molecule has 2 aliphatic rings. The number of hydrogen-bond acceptors (Lipinski definition) is 5. The van der Waals surface area contributed by atoms with Crippen molar-refractivity contribution in [3.63, 3.8) is 0 Å². The van der Waals surface area contributed by atoms with Crippen LogP contribution in [0.4, 0.5) is 5.69 Å². The van der Waals surface area contributed by atoms with Crippen LogP contribution in [0.1, 0.15) is 32.3 Å². The summed E-state index contributed by atoms with van der Waals surface area (Å²) in [4.78, 5) is 22.7. The van der Waals surface area contributed by atoms with E-state index in [-0.39, 0.29) is 23.5 Å². The molecule has 0 saturated heterocycles. The van der Waals surface area contributed by atoms with E-state index >= 15 is 0 Å². The summed E-state index contributed by atoms with van der Waals surface area (Å²) >= 11 is 0. The lowest BCUT2D eigenvalue weighted by molar-refractivity contribution is -0.384. The molecule has 1 aliphatic heterocycles. The Morgan fingerprint density at radius 2 is 1.86 bits per heavy atom. The maximum absolute atomic E-state index is 12.4. The second kappa shape index (κ2) is 4.64. The van der Waals surface area contributed by atoms with E-state index < -0.39 is 10.5 Å². The first-order chi connectivity index (χ1) is 10.2. The van der Waals surface area contributed by atoms with E-state index in [1.165, 1.54) is 24.3 Å². The highest BCUT2D eigenvalue weighted by Crippen LogP contribution is 2.48. The first kappa shape index (κ1) is 14.7. The van der Waals surface area contributed by atoms with E-state index in [1.54, 1.807) is 0 Å². The van der Waals surface area contributed by atoms with Gasteiger partial charge in [-0.15, -0.1) is 0 Å². The summed E-state index contributed by atoms with van der Waals surface area (Å²) in [5.74, 6) is 0.423. The van der Waals surface area contributed by atoms with Gasteiger partial charge < -0.3 is 9.84 Å². The molecule has 0 saturated carbocycles. The van der Waals surface area contributed by atoms with Crippen molar-refractivity contribution in [2.24, 2.45) is 5.41 Å². The minimum atomic E-state index is -1.52. The SMILES string of the molecule is CC1(C)CC(=O)C2=C(C1)OC[C@@]2(O)c1ccc([N+](=O)[O-])cc1. The number of non-ortho nitro benzene ring substituents is 1. The number of hydrogen-bond donors (Lipinski definition) is 1. The van der Waals surface area contributed by atoms with Gasteiger partial charge in [-0.3, -0.25) is 14.9 Å². The van der Waals surface area contributed by atoms with Gasteiger partial charge in [0, 0.05) is 25.0 Å². The second-order valence-corrected chi connectivity index (χ2v) is 6.69. The van der Waals surface area contributed by atoms with E-state index in [9.17, 15) is 20.0 Å². The number of aliphatic hydroxyl groups is 1. The number of rotatable bonds is 2. The lowest BCUT2D eigenvalue weighted by Crippen LogP contribution is -2.36. The zero-order valence-electron chi connectivity index (χ0n) is 12.5. The van der Waals surface area contributed by atoms with Crippen molar-refractivity contribution in [3.8, 4) is 0 Å². The highest BCUT2D eigenvalue weighted by Gasteiger charge is 2.50. The first-order valence-corrected chi connectivity index (χ1v) is 7.10. The topological polar surface area (TPSA) is 89.7 Å². The fraction of sp³-hybridized carbons (Fsp3) is 0.438. The molecule has 0 radical (unpaired) electrons. The molecule has 0 bridgehead atoms. The van der Waals surface area contributed by atoms with Crippen molar-refractivity contribution in [1.82, 2.24) is 0 Å². The maximum Gasteiger partial charge on any atom is 0.269 e. The van der Waals surface area contributed by atoms with Gasteiger partial charge >= 0.3 is 0 Å². The predicted octanol–water partition coefficient (Wildman–Crippen LogP) is 2.46. The molecule has 22 heavy (non-hydrogen) atoms. The van der Waals surface area contributed by atoms with Crippen LogP contribution in [0, 0.1) is 15.5 Å². The molecule has 1 heterocycles. The molecule has 1 aromatic carbocycles. The highest BCUT2D eigenvalue weighted by atomic mass is 16.6. The number of allylic oxidation sites excluding steroid dienone is 1. The Bertz CT molecular complexity index is 689.